The Morgan fingerprint density at radius 3 is 1.84 bits per heavy atom. The Morgan fingerprint density at radius 1 is 0.947 bits per heavy atom. The van der Waals surface area contributed by atoms with Crippen LogP contribution in [0.4, 0.5) is 0 Å². The van der Waals surface area contributed by atoms with Crippen LogP contribution in [-0.4, -0.2) is 12.1 Å². The first-order valence-corrected chi connectivity index (χ1v) is 8.49. The maximum atomic E-state index is 8.86. The Morgan fingerprint density at radius 2 is 1.42 bits per heavy atom. The minimum absolute atomic E-state index is 0.405. The van der Waals surface area contributed by atoms with Gasteiger partial charge in [-0.1, -0.05) is 64.7 Å². The molecule has 1 aliphatic carbocycles. The van der Waals surface area contributed by atoms with E-state index in [1.54, 1.807) is 0 Å². The topological polar surface area (TPSA) is 35.8 Å². The van der Waals surface area contributed by atoms with E-state index in [-0.39, 0.29) is 0 Å². The van der Waals surface area contributed by atoms with E-state index in [4.69, 9.17) is 5.26 Å². The largest absolute Gasteiger partial charge is 0.310 e. The maximum absolute atomic E-state index is 8.86. The lowest BCUT2D eigenvalue weighted by Gasteiger charge is -2.24. The number of nitrogens with zero attached hydrogens (tertiary/aromatic N) is 1. The van der Waals surface area contributed by atoms with Crippen LogP contribution >= 0.6 is 0 Å². The van der Waals surface area contributed by atoms with Gasteiger partial charge in [-0.3, -0.25) is 0 Å². The van der Waals surface area contributed by atoms with Gasteiger partial charge >= 0.3 is 0 Å². The molecule has 1 atom stereocenters. The molecule has 0 spiro atoms. The average Bonchev–Trinajstić information content (AvgIpc) is 2.41. The van der Waals surface area contributed by atoms with E-state index in [0.29, 0.717) is 18.5 Å². The second-order valence-corrected chi connectivity index (χ2v) is 6.09. The summed E-state index contributed by atoms with van der Waals surface area (Å²) in [6.45, 7) is 2.18. The van der Waals surface area contributed by atoms with Crippen molar-refractivity contribution >= 4 is 0 Å². The fraction of sp³-hybridized carbons (Fsp3) is 0.941. The summed E-state index contributed by atoms with van der Waals surface area (Å²) >= 11 is 0. The van der Waals surface area contributed by atoms with Crippen molar-refractivity contribution in [1.29, 1.82) is 5.26 Å². The van der Waals surface area contributed by atoms with Crippen molar-refractivity contribution in [3.63, 3.8) is 0 Å². The number of nitriles is 1. The van der Waals surface area contributed by atoms with Gasteiger partial charge in [0, 0.05) is 12.1 Å². The molecule has 0 saturated heterocycles. The summed E-state index contributed by atoms with van der Waals surface area (Å²) < 4.78 is 0. The van der Waals surface area contributed by atoms with Crippen LogP contribution in [-0.2, 0) is 0 Å². The van der Waals surface area contributed by atoms with Crippen LogP contribution in [0.2, 0.25) is 0 Å². The van der Waals surface area contributed by atoms with Gasteiger partial charge in [0.2, 0.25) is 0 Å². The van der Waals surface area contributed by atoms with E-state index >= 15 is 0 Å². The molecular formula is C17H32N2. The summed E-state index contributed by atoms with van der Waals surface area (Å²) in [6, 6.07) is 3.37. The van der Waals surface area contributed by atoms with Crippen LogP contribution in [0.15, 0.2) is 0 Å². The molecule has 0 heterocycles. The lowest BCUT2D eigenvalue weighted by molar-refractivity contribution is 0.358. The van der Waals surface area contributed by atoms with E-state index in [9.17, 15) is 0 Å². The van der Waals surface area contributed by atoms with Gasteiger partial charge in [0.25, 0.3) is 0 Å². The van der Waals surface area contributed by atoms with Crippen molar-refractivity contribution in [2.45, 2.75) is 102 Å². The second-order valence-electron chi connectivity index (χ2n) is 6.09. The zero-order valence-corrected chi connectivity index (χ0v) is 12.8. The minimum atomic E-state index is 0.405. The molecule has 0 aromatic rings. The quantitative estimate of drug-likeness (QED) is 0.780. The third kappa shape index (κ3) is 8.26. The first kappa shape index (κ1) is 16.5. The summed E-state index contributed by atoms with van der Waals surface area (Å²) in [7, 11) is 0. The SMILES string of the molecule is CCC(CC#N)NC1CCCCCCCCCCC1. The van der Waals surface area contributed by atoms with Crippen molar-refractivity contribution in [2.24, 2.45) is 0 Å². The zero-order chi connectivity index (χ0) is 13.8. The molecule has 1 fully saturated rings. The molecule has 2 heteroatoms. The van der Waals surface area contributed by atoms with E-state index in [1.165, 1.54) is 70.6 Å². The molecule has 1 rings (SSSR count). The van der Waals surface area contributed by atoms with Gasteiger partial charge in [0.05, 0.1) is 12.5 Å². The maximum Gasteiger partial charge on any atom is 0.0638 e. The Hall–Kier alpha value is -0.550. The van der Waals surface area contributed by atoms with E-state index in [2.05, 4.69) is 18.3 Å². The molecule has 110 valence electrons. The summed E-state index contributed by atoms with van der Waals surface area (Å²) in [4.78, 5) is 0. The van der Waals surface area contributed by atoms with E-state index in [0.717, 1.165) is 6.42 Å². The van der Waals surface area contributed by atoms with Crippen molar-refractivity contribution < 1.29 is 0 Å². The van der Waals surface area contributed by atoms with E-state index < -0.39 is 0 Å². The number of nitrogens with one attached hydrogen (secondary N) is 1. The first-order chi connectivity index (χ1) is 9.36. The predicted octanol–water partition coefficient (Wildman–Crippen LogP) is 4.94. The Labute approximate surface area is 120 Å². The van der Waals surface area contributed by atoms with Gasteiger partial charge in [-0.05, 0) is 19.3 Å². The van der Waals surface area contributed by atoms with Gasteiger partial charge in [-0.25, -0.2) is 0 Å². The van der Waals surface area contributed by atoms with Crippen molar-refractivity contribution in [2.75, 3.05) is 0 Å². The predicted molar refractivity (Wildman–Crippen MR) is 82.0 cm³/mol. The fourth-order valence-corrected chi connectivity index (χ4v) is 3.09. The highest BCUT2D eigenvalue weighted by atomic mass is 14.9. The summed E-state index contributed by atoms with van der Waals surface area (Å²) in [6.07, 6.45) is 17.0. The molecule has 0 aromatic heterocycles. The highest BCUT2D eigenvalue weighted by Gasteiger charge is 2.14. The van der Waals surface area contributed by atoms with Gasteiger partial charge < -0.3 is 5.32 Å². The third-order valence-electron chi connectivity index (χ3n) is 4.41. The Balaban J connectivity index is 2.35. The number of rotatable bonds is 4. The fourth-order valence-electron chi connectivity index (χ4n) is 3.09. The second kappa shape index (κ2) is 11.3. The summed E-state index contributed by atoms with van der Waals surface area (Å²) in [5.41, 5.74) is 0. The standard InChI is InChI=1S/C17H32N2/c1-2-16(14-15-18)19-17-12-10-8-6-4-3-5-7-9-11-13-17/h16-17,19H,2-14H2,1H3. The first-order valence-electron chi connectivity index (χ1n) is 8.49. The van der Waals surface area contributed by atoms with Gasteiger partial charge in [-0.2, -0.15) is 5.26 Å². The molecular weight excluding hydrogens is 232 g/mol. The molecule has 19 heavy (non-hydrogen) atoms. The molecule has 0 aromatic carbocycles. The van der Waals surface area contributed by atoms with Crippen LogP contribution in [0, 0.1) is 11.3 Å². The van der Waals surface area contributed by atoms with Crippen LogP contribution in [0.3, 0.4) is 0 Å². The highest BCUT2D eigenvalue weighted by molar-refractivity contribution is 4.82. The van der Waals surface area contributed by atoms with Crippen LogP contribution in [0.5, 0.6) is 0 Å². The highest BCUT2D eigenvalue weighted by Crippen LogP contribution is 2.17. The zero-order valence-electron chi connectivity index (χ0n) is 12.8. The van der Waals surface area contributed by atoms with Gasteiger partial charge in [0.15, 0.2) is 0 Å². The molecule has 0 bridgehead atoms. The third-order valence-corrected chi connectivity index (χ3v) is 4.41. The monoisotopic (exact) mass is 264 g/mol. The van der Waals surface area contributed by atoms with Crippen LogP contribution < -0.4 is 5.32 Å². The molecule has 0 aliphatic heterocycles. The van der Waals surface area contributed by atoms with E-state index in [1.807, 2.05) is 0 Å². The van der Waals surface area contributed by atoms with Crippen molar-refractivity contribution in [1.82, 2.24) is 5.32 Å². The summed E-state index contributed by atoms with van der Waals surface area (Å²) in [5.74, 6) is 0. The van der Waals surface area contributed by atoms with Crippen LogP contribution in [0.1, 0.15) is 90.4 Å². The minimum Gasteiger partial charge on any atom is -0.310 e. The van der Waals surface area contributed by atoms with Gasteiger partial charge in [-0.15, -0.1) is 0 Å². The number of hydrogen-bond donors (Lipinski definition) is 1. The average molecular weight is 264 g/mol. The molecule has 1 N–H and O–H groups in total. The normalized spacial score (nSPS) is 21.9. The molecule has 1 unspecified atom stereocenters. The molecule has 0 amide bonds. The number of hydrogen-bond acceptors (Lipinski definition) is 2. The van der Waals surface area contributed by atoms with Crippen molar-refractivity contribution in [3.05, 3.63) is 0 Å². The smallest absolute Gasteiger partial charge is 0.0638 e. The summed E-state index contributed by atoms with van der Waals surface area (Å²) in [5, 5.41) is 12.6. The van der Waals surface area contributed by atoms with Gasteiger partial charge in [0.1, 0.15) is 0 Å². The molecule has 0 radical (unpaired) electrons. The molecule has 1 aliphatic rings. The lowest BCUT2D eigenvalue weighted by atomic mass is 9.97. The molecule has 2 nitrogen and oxygen atoms in total. The lowest BCUT2D eigenvalue weighted by Crippen LogP contribution is -2.37. The van der Waals surface area contributed by atoms with Crippen LogP contribution in [0.25, 0.3) is 0 Å². The Bertz CT molecular complexity index is 232. The van der Waals surface area contributed by atoms with Crippen molar-refractivity contribution in [3.8, 4) is 6.07 Å². The Kier molecular flexibility index (Phi) is 9.81. The molecule has 1 saturated carbocycles.